The number of nitrogens with two attached hydrogens (primary N) is 2. The molecule has 4 nitrogen and oxygen atoms in total. The summed E-state index contributed by atoms with van der Waals surface area (Å²) < 4.78 is 5.03. The number of hydrogen-bond donors (Lipinski definition) is 2. The van der Waals surface area contributed by atoms with Crippen molar-refractivity contribution >= 4 is 5.91 Å². The lowest BCUT2D eigenvalue weighted by Crippen LogP contribution is -2.56. The smallest absolute Gasteiger partial charge is 0.219 e. The highest BCUT2D eigenvalue weighted by Gasteiger charge is 2.42. The second-order valence-electron chi connectivity index (χ2n) is 3.27. The summed E-state index contributed by atoms with van der Waals surface area (Å²) in [4.78, 5) is 10.5. The van der Waals surface area contributed by atoms with Crippen molar-refractivity contribution in [2.75, 3.05) is 7.11 Å². The molecule has 1 saturated carbocycles. The molecule has 64 valence electrons. The van der Waals surface area contributed by atoms with E-state index < -0.39 is 0 Å². The predicted molar refractivity (Wildman–Crippen MR) is 40.8 cm³/mol. The molecule has 1 rings (SSSR count). The number of ether oxygens (including phenoxy) is 1. The van der Waals surface area contributed by atoms with Crippen LogP contribution in [-0.4, -0.2) is 24.7 Å². The Bertz CT molecular complexity index is 164. The molecule has 1 amide bonds. The number of carbonyl (C=O) groups is 1. The monoisotopic (exact) mass is 158 g/mol. The molecule has 0 aromatic heterocycles. The van der Waals surface area contributed by atoms with E-state index in [0.29, 0.717) is 0 Å². The van der Waals surface area contributed by atoms with E-state index in [0.717, 1.165) is 12.8 Å². The fourth-order valence-corrected chi connectivity index (χ4v) is 1.51. The van der Waals surface area contributed by atoms with Gasteiger partial charge in [0, 0.05) is 19.1 Å². The summed E-state index contributed by atoms with van der Waals surface area (Å²) in [6.07, 6.45) is 1.98. The van der Waals surface area contributed by atoms with Gasteiger partial charge in [-0.1, -0.05) is 0 Å². The fraction of sp³-hybridized carbons (Fsp3) is 0.857. The number of amides is 1. The molecule has 4 N–H and O–H groups in total. The maximum Gasteiger partial charge on any atom is 0.219 e. The largest absolute Gasteiger partial charge is 0.381 e. The zero-order valence-corrected chi connectivity index (χ0v) is 6.67. The van der Waals surface area contributed by atoms with Crippen molar-refractivity contribution < 1.29 is 9.53 Å². The lowest BCUT2D eigenvalue weighted by Gasteiger charge is -2.43. The third-order valence-corrected chi connectivity index (χ3v) is 2.13. The van der Waals surface area contributed by atoms with Gasteiger partial charge in [0.2, 0.25) is 5.91 Å². The van der Waals surface area contributed by atoms with Crippen molar-refractivity contribution in [2.24, 2.45) is 11.5 Å². The first-order chi connectivity index (χ1) is 5.06. The van der Waals surface area contributed by atoms with Crippen LogP contribution in [0.5, 0.6) is 0 Å². The molecule has 1 aliphatic carbocycles. The van der Waals surface area contributed by atoms with Crippen molar-refractivity contribution in [2.45, 2.75) is 30.9 Å². The van der Waals surface area contributed by atoms with Gasteiger partial charge in [-0.2, -0.15) is 0 Å². The Morgan fingerprint density at radius 1 is 1.73 bits per heavy atom. The highest BCUT2D eigenvalue weighted by atomic mass is 16.5. The minimum absolute atomic E-state index is 0.222. The maximum absolute atomic E-state index is 10.5. The van der Waals surface area contributed by atoms with Gasteiger partial charge in [0.05, 0.1) is 6.10 Å². The SMILES string of the molecule is COC1CC(N)(CC(N)=O)C1. The van der Waals surface area contributed by atoms with Gasteiger partial charge in [-0.05, 0) is 12.8 Å². The van der Waals surface area contributed by atoms with Crippen LogP contribution in [-0.2, 0) is 9.53 Å². The molecule has 0 heterocycles. The molecule has 0 aliphatic heterocycles. The van der Waals surface area contributed by atoms with Gasteiger partial charge in [0.15, 0.2) is 0 Å². The molecular weight excluding hydrogens is 144 g/mol. The number of primary amides is 1. The third-order valence-electron chi connectivity index (χ3n) is 2.13. The zero-order valence-electron chi connectivity index (χ0n) is 6.67. The van der Waals surface area contributed by atoms with Crippen molar-refractivity contribution in [1.29, 1.82) is 0 Å². The third kappa shape index (κ3) is 1.91. The predicted octanol–water partition coefficient (Wildman–Crippen LogP) is -0.632. The average Bonchev–Trinajstić information content (AvgIpc) is 1.80. The number of methoxy groups -OCH3 is 1. The molecule has 0 radical (unpaired) electrons. The van der Waals surface area contributed by atoms with E-state index in [1.165, 1.54) is 0 Å². The lowest BCUT2D eigenvalue weighted by molar-refractivity contribution is -0.121. The summed E-state index contributed by atoms with van der Waals surface area (Å²) in [5.74, 6) is -0.331. The van der Waals surface area contributed by atoms with Gasteiger partial charge < -0.3 is 16.2 Å². The molecule has 0 bridgehead atoms. The summed E-state index contributed by atoms with van der Waals surface area (Å²) in [6.45, 7) is 0. The molecule has 4 heteroatoms. The first-order valence-corrected chi connectivity index (χ1v) is 3.66. The van der Waals surface area contributed by atoms with Crippen LogP contribution in [0.3, 0.4) is 0 Å². The van der Waals surface area contributed by atoms with E-state index in [2.05, 4.69) is 0 Å². The number of carbonyl (C=O) groups excluding carboxylic acids is 1. The Hall–Kier alpha value is -0.610. The van der Waals surface area contributed by atoms with Gasteiger partial charge in [-0.3, -0.25) is 4.79 Å². The lowest BCUT2D eigenvalue weighted by atomic mass is 9.73. The Labute approximate surface area is 65.9 Å². The molecule has 0 spiro atoms. The van der Waals surface area contributed by atoms with Gasteiger partial charge in [-0.15, -0.1) is 0 Å². The van der Waals surface area contributed by atoms with Crippen molar-refractivity contribution in [3.05, 3.63) is 0 Å². The summed E-state index contributed by atoms with van der Waals surface area (Å²) in [5.41, 5.74) is 10.4. The van der Waals surface area contributed by atoms with Gasteiger partial charge in [-0.25, -0.2) is 0 Å². The Morgan fingerprint density at radius 3 is 2.64 bits per heavy atom. The van der Waals surface area contributed by atoms with E-state index in [1.807, 2.05) is 0 Å². The first kappa shape index (κ1) is 8.49. The van der Waals surface area contributed by atoms with Crippen molar-refractivity contribution in [3.63, 3.8) is 0 Å². The standard InChI is InChI=1S/C7H14N2O2/c1-11-5-2-7(9,3-5)4-6(8)10/h5H,2-4,9H2,1H3,(H2,8,10). The molecule has 11 heavy (non-hydrogen) atoms. The highest BCUT2D eigenvalue weighted by molar-refractivity contribution is 5.75. The van der Waals surface area contributed by atoms with Crippen molar-refractivity contribution in [1.82, 2.24) is 0 Å². The van der Waals surface area contributed by atoms with Crippen LogP contribution in [0.25, 0.3) is 0 Å². The van der Waals surface area contributed by atoms with Crippen LogP contribution in [0.4, 0.5) is 0 Å². The molecule has 0 saturated heterocycles. The molecular formula is C7H14N2O2. The summed E-state index contributed by atoms with van der Waals surface area (Å²) in [7, 11) is 1.65. The fourth-order valence-electron chi connectivity index (χ4n) is 1.51. The van der Waals surface area contributed by atoms with Crippen molar-refractivity contribution in [3.8, 4) is 0 Å². The Morgan fingerprint density at radius 2 is 2.27 bits per heavy atom. The van der Waals surface area contributed by atoms with Gasteiger partial charge in [0.1, 0.15) is 0 Å². The molecule has 0 atom stereocenters. The zero-order chi connectivity index (χ0) is 8.48. The molecule has 1 fully saturated rings. The quantitative estimate of drug-likeness (QED) is 0.574. The summed E-state index contributed by atoms with van der Waals surface area (Å²) in [6, 6.07) is 0. The van der Waals surface area contributed by atoms with E-state index in [4.69, 9.17) is 16.2 Å². The van der Waals surface area contributed by atoms with Crippen LogP contribution < -0.4 is 11.5 Å². The number of rotatable bonds is 3. The second-order valence-corrected chi connectivity index (χ2v) is 3.27. The van der Waals surface area contributed by atoms with Crippen LogP contribution >= 0.6 is 0 Å². The topological polar surface area (TPSA) is 78.3 Å². The van der Waals surface area contributed by atoms with E-state index in [9.17, 15) is 4.79 Å². The van der Waals surface area contributed by atoms with E-state index in [-0.39, 0.29) is 24.0 Å². The highest BCUT2D eigenvalue weighted by Crippen LogP contribution is 2.34. The molecule has 0 unspecified atom stereocenters. The normalized spacial score (nSPS) is 36.4. The molecule has 0 aromatic rings. The minimum Gasteiger partial charge on any atom is -0.381 e. The first-order valence-electron chi connectivity index (χ1n) is 3.66. The summed E-state index contributed by atoms with van der Waals surface area (Å²) in [5, 5.41) is 0. The van der Waals surface area contributed by atoms with Crippen LogP contribution in [0.2, 0.25) is 0 Å². The van der Waals surface area contributed by atoms with E-state index in [1.54, 1.807) is 7.11 Å². The Kier molecular flexibility index (Phi) is 2.15. The summed E-state index contributed by atoms with van der Waals surface area (Å²) >= 11 is 0. The van der Waals surface area contributed by atoms with Gasteiger partial charge >= 0.3 is 0 Å². The van der Waals surface area contributed by atoms with Crippen LogP contribution in [0.1, 0.15) is 19.3 Å². The number of hydrogen-bond acceptors (Lipinski definition) is 3. The minimum atomic E-state index is -0.382. The molecule has 1 aliphatic rings. The van der Waals surface area contributed by atoms with Crippen LogP contribution in [0.15, 0.2) is 0 Å². The molecule has 0 aromatic carbocycles. The second kappa shape index (κ2) is 2.79. The average molecular weight is 158 g/mol. The van der Waals surface area contributed by atoms with E-state index >= 15 is 0 Å². The van der Waals surface area contributed by atoms with Crippen LogP contribution in [0, 0.1) is 0 Å². The maximum atomic E-state index is 10.5. The Balaban J connectivity index is 2.31. The van der Waals surface area contributed by atoms with Gasteiger partial charge in [0.25, 0.3) is 0 Å².